The Balaban J connectivity index is 4.44. The van der Waals surface area contributed by atoms with E-state index in [0.29, 0.717) is 90.6 Å². The summed E-state index contributed by atoms with van der Waals surface area (Å²) in [5.41, 5.74) is 33.8. The van der Waals surface area contributed by atoms with E-state index >= 15 is 0 Å². The van der Waals surface area contributed by atoms with Crippen LogP contribution in [0, 0.1) is 0 Å². The number of primary amides is 1. The SMILES string of the molecule is NCCCCC(N)C(=O)NCCCCCCCCCCCC(=O)NC(CCCCN)C(=O)NC(CCCCN)C(=O)NCCCCCCCCCCCC(=O)NC(CCCCN)C(N)=O. The van der Waals surface area contributed by atoms with Gasteiger partial charge in [-0.2, -0.15) is 0 Å². The number of carbonyl (C=O) groups excluding carboxylic acids is 6. The fraction of sp³-hybridized carbons (Fsp3) is 0.875. The fourth-order valence-corrected chi connectivity index (χ4v) is 7.72. The first kappa shape index (κ1) is 61.6. The van der Waals surface area contributed by atoms with Gasteiger partial charge in [0.25, 0.3) is 0 Å². The molecule has 0 fully saturated rings. The maximum Gasteiger partial charge on any atom is 0.243 e. The molecule has 0 saturated heterocycles. The molecule has 0 aromatic rings. The second-order valence-corrected chi connectivity index (χ2v) is 17.9. The van der Waals surface area contributed by atoms with Crippen molar-refractivity contribution in [2.75, 3.05) is 39.3 Å². The van der Waals surface area contributed by atoms with Gasteiger partial charge in [-0.25, -0.2) is 0 Å². The van der Waals surface area contributed by atoms with Crippen LogP contribution in [0.5, 0.6) is 0 Å². The minimum absolute atomic E-state index is 0.0780. The molecule has 0 bridgehead atoms. The van der Waals surface area contributed by atoms with Gasteiger partial charge in [-0.1, -0.05) is 96.3 Å². The van der Waals surface area contributed by atoms with Crippen LogP contribution >= 0.6 is 0 Å². The summed E-state index contributed by atoms with van der Waals surface area (Å²) in [7, 11) is 0. The zero-order valence-electron chi connectivity index (χ0n) is 40.6. The lowest BCUT2D eigenvalue weighted by Gasteiger charge is -2.23. The van der Waals surface area contributed by atoms with Crippen molar-refractivity contribution in [3.8, 4) is 0 Å². The van der Waals surface area contributed by atoms with Crippen LogP contribution in [0.3, 0.4) is 0 Å². The Morgan fingerprint density at radius 3 is 1.06 bits per heavy atom. The van der Waals surface area contributed by atoms with Crippen LogP contribution in [-0.4, -0.2) is 98.9 Å². The van der Waals surface area contributed by atoms with Crippen LogP contribution in [0.1, 0.15) is 205 Å². The van der Waals surface area contributed by atoms with Gasteiger partial charge >= 0.3 is 0 Å². The van der Waals surface area contributed by atoms with Gasteiger partial charge in [0.15, 0.2) is 0 Å². The molecule has 17 nitrogen and oxygen atoms in total. The van der Waals surface area contributed by atoms with Crippen molar-refractivity contribution in [1.82, 2.24) is 26.6 Å². The van der Waals surface area contributed by atoms with Crippen LogP contribution in [-0.2, 0) is 28.8 Å². The minimum Gasteiger partial charge on any atom is -0.368 e. The van der Waals surface area contributed by atoms with Crippen LogP contribution in [0.25, 0.3) is 0 Å². The molecule has 0 aromatic heterocycles. The zero-order valence-corrected chi connectivity index (χ0v) is 40.6. The molecule has 0 aliphatic rings. The Kier molecular flexibility index (Phi) is 42.1. The largest absolute Gasteiger partial charge is 0.368 e. The Morgan fingerprint density at radius 2 is 0.662 bits per heavy atom. The molecule has 0 spiro atoms. The smallest absolute Gasteiger partial charge is 0.243 e. The number of hydrogen-bond acceptors (Lipinski definition) is 11. The summed E-state index contributed by atoms with van der Waals surface area (Å²) in [5, 5.41) is 14.6. The molecule has 380 valence electrons. The van der Waals surface area contributed by atoms with Gasteiger partial charge in [-0.3, -0.25) is 28.8 Å². The molecule has 0 aliphatic carbocycles. The summed E-state index contributed by atoms with van der Waals surface area (Å²) in [5.74, 6) is -1.44. The quantitative estimate of drug-likeness (QED) is 0.0390. The third-order valence-corrected chi connectivity index (χ3v) is 11.9. The van der Waals surface area contributed by atoms with Crippen LogP contribution in [0.15, 0.2) is 0 Å². The van der Waals surface area contributed by atoms with Crippen molar-refractivity contribution in [3.63, 3.8) is 0 Å². The molecule has 0 aromatic carbocycles. The standard InChI is InChI=1S/C48H97N11O6/c49-33-21-17-27-39(53)46(63)55-37-25-13-9-5-1-4-8-12-16-32-44(61)58-42(30-20-24-36-52)48(65)59-41(29-19-23-35-51)47(64)56-38-26-14-10-6-2-3-7-11-15-31-43(60)57-40(45(54)62)28-18-22-34-50/h39-42H,1-38,49-53H2,(H2,54,62)(H,55,63)(H,56,64)(H,57,60)(H,58,61)(H,59,65). The molecule has 4 unspecified atom stereocenters. The van der Waals surface area contributed by atoms with Gasteiger partial charge in [-0.05, 0) is 122 Å². The molecule has 6 amide bonds. The molecule has 65 heavy (non-hydrogen) atoms. The zero-order chi connectivity index (χ0) is 48.2. The highest BCUT2D eigenvalue weighted by atomic mass is 16.2. The average molecular weight is 924 g/mol. The van der Waals surface area contributed by atoms with E-state index in [1.165, 1.54) is 0 Å². The number of unbranched alkanes of at least 4 members (excludes halogenated alkanes) is 20. The normalized spacial score (nSPS) is 13.1. The van der Waals surface area contributed by atoms with E-state index in [9.17, 15) is 28.8 Å². The average Bonchev–Trinajstić information content (AvgIpc) is 3.28. The van der Waals surface area contributed by atoms with Crippen molar-refractivity contribution < 1.29 is 28.8 Å². The summed E-state index contributed by atoms with van der Waals surface area (Å²) in [6.45, 7) is 3.35. The second kappa shape index (κ2) is 44.5. The molecule has 17 N–H and O–H groups in total. The van der Waals surface area contributed by atoms with Gasteiger partial charge in [0.05, 0.1) is 6.04 Å². The van der Waals surface area contributed by atoms with Crippen LogP contribution in [0.4, 0.5) is 0 Å². The predicted molar refractivity (Wildman–Crippen MR) is 263 cm³/mol. The summed E-state index contributed by atoms with van der Waals surface area (Å²) in [6, 6.07) is -2.53. The highest BCUT2D eigenvalue weighted by Crippen LogP contribution is 2.13. The molecule has 4 atom stereocenters. The number of rotatable bonds is 47. The third-order valence-electron chi connectivity index (χ3n) is 11.9. The van der Waals surface area contributed by atoms with Gasteiger partial charge in [0, 0.05) is 25.9 Å². The van der Waals surface area contributed by atoms with E-state index in [4.69, 9.17) is 34.4 Å². The summed E-state index contributed by atoms with van der Waals surface area (Å²) >= 11 is 0. The first-order valence-corrected chi connectivity index (χ1v) is 25.8. The first-order chi connectivity index (χ1) is 31.5. The summed E-state index contributed by atoms with van der Waals surface area (Å²) < 4.78 is 0. The number of amides is 6. The lowest BCUT2D eigenvalue weighted by molar-refractivity contribution is -0.132. The van der Waals surface area contributed by atoms with Crippen molar-refractivity contribution >= 4 is 35.4 Å². The van der Waals surface area contributed by atoms with E-state index in [1.807, 2.05) is 0 Å². The van der Waals surface area contributed by atoms with E-state index < -0.39 is 30.1 Å². The molecule has 0 rings (SSSR count). The third kappa shape index (κ3) is 37.4. The Hall–Kier alpha value is -3.38. The molecule has 17 heteroatoms. The van der Waals surface area contributed by atoms with Crippen molar-refractivity contribution in [3.05, 3.63) is 0 Å². The van der Waals surface area contributed by atoms with Gasteiger partial charge in [0.1, 0.15) is 18.1 Å². The molecule has 0 radical (unpaired) electrons. The summed E-state index contributed by atoms with van der Waals surface area (Å²) in [6.07, 6.45) is 27.3. The Morgan fingerprint density at radius 1 is 0.338 bits per heavy atom. The second-order valence-electron chi connectivity index (χ2n) is 17.9. The lowest BCUT2D eigenvalue weighted by atomic mass is 10.0. The Labute approximate surface area is 393 Å². The van der Waals surface area contributed by atoms with E-state index in [0.717, 1.165) is 154 Å². The lowest BCUT2D eigenvalue weighted by Crippen LogP contribution is -2.53. The van der Waals surface area contributed by atoms with Gasteiger partial charge < -0.3 is 61.0 Å². The maximum atomic E-state index is 13.5. The predicted octanol–water partition coefficient (Wildman–Crippen LogP) is 3.80. The first-order valence-electron chi connectivity index (χ1n) is 25.8. The summed E-state index contributed by atoms with van der Waals surface area (Å²) in [4.78, 5) is 75.7. The van der Waals surface area contributed by atoms with Crippen molar-refractivity contribution in [2.45, 2.75) is 230 Å². The van der Waals surface area contributed by atoms with E-state index in [1.54, 1.807) is 0 Å². The van der Waals surface area contributed by atoms with E-state index in [2.05, 4.69) is 26.6 Å². The highest BCUT2D eigenvalue weighted by Gasteiger charge is 2.26. The monoisotopic (exact) mass is 924 g/mol. The Bertz CT molecular complexity index is 1230. The van der Waals surface area contributed by atoms with E-state index in [-0.39, 0.29) is 29.5 Å². The van der Waals surface area contributed by atoms with Crippen LogP contribution < -0.4 is 61.0 Å². The highest BCUT2D eigenvalue weighted by molar-refractivity contribution is 5.92. The minimum atomic E-state index is -0.734. The van der Waals surface area contributed by atoms with Gasteiger partial charge in [0.2, 0.25) is 35.4 Å². The molecular weight excluding hydrogens is 827 g/mol. The number of nitrogens with two attached hydrogens (primary N) is 6. The van der Waals surface area contributed by atoms with Crippen LogP contribution in [0.2, 0.25) is 0 Å². The number of hydrogen-bond donors (Lipinski definition) is 11. The molecule has 0 aliphatic heterocycles. The maximum absolute atomic E-state index is 13.5. The molecular formula is C48H97N11O6. The number of carbonyl (C=O) groups is 6. The van der Waals surface area contributed by atoms with Crippen molar-refractivity contribution in [2.24, 2.45) is 34.4 Å². The van der Waals surface area contributed by atoms with Crippen molar-refractivity contribution in [1.29, 1.82) is 0 Å². The molecule has 0 saturated carbocycles. The number of nitrogens with one attached hydrogen (secondary N) is 5. The van der Waals surface area contributed by atoms with Gasteiger partial charge in [-0.15, -0.1) is 0 Å². The topological polar surface area (TPSA) is 319 Å². The fourth-order valence-electron chi connectivity index (χ4n) is 7.72. The molecule has 0 heterocycles.